The Morgan fingerprint density at radius 2 is 1.48 bits per heavy atom. The van der Waals surface area contributed by atoms with Gasteiger partial charge < -0.3 is 9.47 Å². The van der Waals surface area contributed by atoms with E-state index in [0.29, 0.717) is 12.8 Å². The summed E-state index contributed by atoms with van der Waals surface area (Å²) in [6.07, 6.45) is 4.52. The molecular formula is C19H28O4. The first kappa shape index (κ1) is 19.2. The number of hydrogen-bond donors (Lipinski definition) is 0. The quantitative estimate of drug-likeness (QED) is 0.597. The number of rotatable bonds is 10. The smallest absolute Gasteiger partial charge is 0.306 e. The molecule has 0 aromatic heterocycles. The lowest BCUT2D eigenvalue weighted by Crippen LogP contribution is -2.10. The van der Waals surface area contributed by atoms with Crippen LogP contribution < -0.4 is 0 Å². The maximum atomic E-state index is 11.7. The monoisotopic (exact) mass is 320 g/mol. The molecule has 0 radical (unpaired) electrons. The van der Waals surface area contributed by atoms with Crippen molar-refractivity contribution in [1.29, 1.82) is 0 Å². The van der Waals surface area contributed by atoms with Crippen molar-refractivity contribution in [2.75, 3.05) is 0 Å². The third-order valence-corrected chi connectivity index (χ3v) is 3.74. The summed E-state index contributed by atoms with van der Waals surface area (Å²) in [5.74, 6) is -0.361. The van der Waals surface area contributed by atoms with E-state index in [-0.39, 0.29) is 25.2 Å². The number of unbranched alkanes of at least 4 members (excludes halogenated alkanes) is 2. The largest absolute Gasteiger partial charge is 0.461 e. The Morgan fingerprint density at radius 1 is 0.913 bits per heavy atom. The van der Waals surface area contributed by atoms with Crippen LogP contribution in [0.2, 0.25) is 0 Å². The molecule has 128 valence electrons. The van der Waals surface area contributed by atoms with E-state index in [1.54, 1.807) is 0 Å². The number of carbonyl (C=O) groups excluding carboxylic acids is 2. The zero-order valence-corrected chi connectivity index (χ0v) is 14.5. The highest BCUT2D eigenvalue weighted by Gasteiger charge is 2.11. The Kier molecular flexibility index (Phi) is 9.03. The molecule has 0 aliphatic rings. The summed E-state index contributed by atoms with van der Waals surface area (Å²) in [6, 6.07) is 5.81. The number of hydrogen-bond acceptors (Lipinski definition) is 4. The summed E-state index contributed by atoms with van der Waals surface area (Å²) >= 11 is 0. The van der Waals surface area contributed by atoms with Gasteiger partial charge in [-0.3, -0.25) is 9.59 Å². The molecule has 0 saturated heterocycles. The molecular weight excluding hydrogens is 292 g/mol. The highest BCUT2D eigenvalue weighted by atomic mass is 16.5. The Labute approximate surface area is 139 Å². The second-order valence-corrected chi connectivity index (χ2v) is 5.74. The van der Waals surface area contributed by atoms with Crippen LogP contribution in [0.5, 0.6) is 0 Å². The van der Waals surface area contributed by atoms with Crippen LogP contribution in [-0.2, 0) is 32.3 Å². The molecule has 1 rings (SSSR count). The van der Waals surface area contributed by atoms with Gasteiger partial charge in [0, 0.05) is 12.8 Å². The molecule has 0 heterocycles. The molecule has 0 amide bonds. The fourth-order valence-electron chi connectivity index (χ4n) is 2.20. The predicted molar refractivity (Wildman–Crippen MR) is 89.8 cm³/mol. The van der Waals surface area contributed by atoms with E-state index in [9.17, 15) is 9.59 Å². The van der Waals surface area contributed by atoms with Crippen LogP contribution >= 0.6 is 0 Å². The first-order chi connectivity index (χ1) is 11.1. The van der Waals surface area contributed by atoms with Crippen molar-refractivity contribution in [3.05, 3.63) is 34.9 Å². The minimum Gasteiger partial charge on any atom is -0.461 e. The van der Waals surface area contributed by atoms with Gasteiger partial charge in [0.05, 0.1) is 0 Å². The molecule has 0 fully saturated rings. The molecule has 0 bridgehead atoms. The van der Waals surface area contributed by atoms with Crippen LogP contribution in [0.15, 0.2) is 18.2 Å². The lowest BCUT2D eigenvalue weighted by molar-refractivity contribution is -0.146. The van der Waals surface area contributed by atoms with Gasteiger partial charge in [-0.25, -0.2) is 0 Å². The first-order valence-electron chi connectivity index (χ1n) is 8.47. The van der Waals surface area contributed by atoms with Gasteiger partial charge in [-0.2, -0.15) is 0 Å². The van der Waals surface area contributed by atoms with Gasteiger partial charge in [-0.15, -0.1) is 0 Å². The Hall–Kier alpha value is -1.84. The second-order valence-electron chi connectivity index (χ2n) is 5.74. The lowest BCUT2D eigenvalue weighted by Gasteiger charge is -2.13. The van der Waals surface area contributed by atoms with E-state index in [0.717, 1.165) is 42.4 Å². The maximum absolute atomic E-state index is 11.7. The standard InChI is InChI=1S/C19H28O4/c1-4-6-11-18(20)22-13-16-10-8-9-15(3)17(16)14-23-19(21)12-7-5-2/h8-10H,4-7,11-14H2,1-3H3. The minimum atomic E-state index is -0.181. The zero-order valence-electron chi connectivity index (χ0n) is 14.5. The van der Waals surface area contributed by atoms with E-state index in [1.165, 1.54) is 0 Å². The lowest BCUT2D eigenvalue weighted by atomic mass is 10.0. The van der Waals surface area contributed by atoms with Crippen molar-refractivity contribution in [3.63, 3.8) is 0 Å². The third kappa shape index (κ3) is 7.31. The van der Waals surface area contributed by atoms with Crippen LogP contribution in [0.3, 0.4) is 0 Å². The first-order valence-corrected chi connectivity index (χ1v) is 8.47. The SMILES string of the molecule is CCCCC(=O)OCc1cccc(C)c1COC(=O)CCCC. The Bertz CT molecular complexity index is 508. The Balaban J connectivity index is 2.61. The summed E-state index contributed by atoms with van der Waals surface area (Å²) in [5.41, 5.74) is 2.87. The second kappa shape index (κ2) is 10.8. The number of carbonyl (C=O) groups is 2. The van der Waals surface area contributed by atoms with Crippen molar-refractivity contribution < 1.29 is 19.1 Å². The molecule has 1 aromatic rings. The molecule has 1 aromatic carbocycles. The summed E-state index contributed by atoms with van der Waals surface area (Å²) in [4.78, 5) is 23.3. The maximum Gasteiger partial charge on any atom is 0.306 e. The number of esters is 2. The van der Waals surface area contributed by atoms with E-state index < -0.39 is 0 Å². The van der Waals surface area contributed by atoms with Crippen LogP contribution in [0, 0.1) is 6.92 Å². The van der Waals surface area contributed by atoms with Gasteiger partial charge >= 0.3 is 11.9 Å². The van der Waals surface area contributed by atoms with Gasteiger partial charge in [0.1, 0.15) is 13.2 Å². The molecule has 4 nitrogen and oxygen atoms in total. The average Bonchev–Trinajstić information content (AvgIpc) is 2.55. The van der Waals surface area contributed by atoms with E-state index in [2.05, 4.69) is 0 Å². The van der Waals surface area contributed by atoms with Gasteiger partial charge in [-0.1, -0.05) is 44.9 Å². The third-order valence-electron chi connectivity index (χ3n) is 3.74. The molecule has 0 aliphatic carbocycles. The van der Waals surface area contributed by atoms with Crippen LogP contribution in [0.4, 0.5) is 0 Å². The summed E-state index contributed by atoms with van der Waals surface area (Å²) in [6.45, 7) is 6.51. The summed E-state index contributed by atoms with van der Waals surface area (Å²) < 4.78 is 10.7. The summed E-state index contributed by atoms with van der Waals surface area (Å²) in [7, 11) is 0. The minimum absolute atomic E-state index is 0.180. The molecule has 0 unspecified atom stereocenters. The topological polar surface area (TPSA) is 52.6 Å². The van der Waals surface area contributed by atoms with E-state index in [1.807, 2.05) is 39.0 Å². The molecule has 23 heavy (non-hydrogen) atoms. The number of aryl methyl sites for hydroxylation is 1. The molecule has 0 aliphatic heterocycles. The van der Waals surface area contributed by atoms with Crippen LogP contribution in [-0.4, -0.2) is 11.9 Å². The Morgan fingerprint density at radius 3 is 2.04 bits per heavy atom. The molecule has 0 saturated carbocycles. The zero-order chi connectivity index (χ0) is 17.1. The van der Waals surface area contributed by atoms with Crippen molar-refractivity contribution >= 4 is 11.9 Å². The fraction of sp³-hybridized carbons (Fsp3) is 0.579. The highest BCUT2D eigenvalue weighted by Crippen LogP contribution is 2.17. The molecule has 4 heteroatoms. The normalized spacial score (nSPS) is 10.4. The van der Waals surface area contributed by atoms with Crippen LogP contribution in [0.25, 0.3) is 0 Å². The number of benzene rings is 1. The van der Waals surface area contributed by atoms with Crippen molar-refractivity contribution in [1.82, 2.24) is 0 Å². The van der Waals surface area contributed by atoms with E-state index in [4.69, 9.17) is 9.47 Å². The highest BCUT2D eigenvalue weighted by molar-refractivity contribution is 5.70. The van der Waals surface area contributed by atoms with Gasteiger partial charge in [0.2, 0.25) is 0 Å². The average molecular weight is 320 g/mol. The van der Waals surface area contributed by atoms with Crippen molar-refractivity contribution in [2.45, 2.75) is 72.5 Å². The van der Waals surface area contributed by atoms with Crippen LogP contribution in [0.1, 0.15) is 69.1 Å². The predicted octanol–water partition coefficient (Wildman–Crippen LogP) is 4.46. The molecule has 0 atom stereocenters. The summed E-state index contributed by atoms with van der Waals surface area (Å²) in [5, 5.41) is 0. The van der Waals surface area contributed by atoms with E-state index >= 15 is 0 Å². The van der Waals surface area contributed by atoms with Crippen molar-refractivity contribution in [2.24, 2.45) is 0 Å². The fourth-order valence-corrected chi connectivity index (χ4v) is 2.20. The molecule has 0 N–H and O–H groups in total. The number of ether oxygens (including phenoxy) is 2. The van der Waals surface area contributed by atoms with Crippen molar-refractivity contribution in [3.8, 4) is 0 Å². The van der Waals surface area contributed by atoms with Gasteiger partial charge in [-0.05, 0) is 36.5 Å². The van der Waals surface area contributed by atoms with Gasteiger partial charge in [0.25, 0.3) is 0 Å². The molecule has 0 spiro atoms. The van der Waals surface area contributed by atoms with Gasteiger partial charge in [0.15, 0.2) is 0 Å².